The summed E-state index contributed by atoms with van der Waals surface area (Å²) in [7, 11) is 3.08. The first-order valence-electron chi connectivity index (χ1n) is 9.94. The molecule has 162 valence electrons. The quantitative estimate of drug-likeness (QED) is 0.534. The van der Waals surface area contributed by atoms with E-state index in [1.165, 1.54) is 31.3 Å². The molecule has 2 aromatic heterocycles. The van der Waals surface area contributed by atoms with Crippen LogP contribution in [-0.4, -0.2) is 35.0 Å². The molecule has 0 aliphatic heterocycles. The van der Waals surface area contributed by atoms with Crippen molar-refractivity contribution in [2.24, 2.45) is 5.41 Å². The van der Waals surface area contributed by atoms with E-state index in [1.54, 1.807) is 6.26 Å². The lowest BCUT2D eigenvalue weighted by Gasteiger charge is -2.38. The number of carbonyl (C=O) groups excluding carboxylic acids is 1. The third kappa shape index (κ3) is 3.35. The van der Waals surface area contributed by atoms with Crippen LogP contribution in [0.3, 0.4) is 0 Å². The number of aromatic nitrogens is 1. The standard InChI is InChI=1S/C22H24N4O5/c1-22(2)8-5-11-7-10-31-19(11)20(22)25-14-13(17(28)18(14)29)24-12-6-9-23-15(16(12)27)21(30)26(3)4/h6-7,9-10,20,25,27H,5,8H2,1-4H3,(H,23,24). The first-order chi connectivity index (χ1) is 14.6. The fraction of sp³-hybridized carbons (Fsp3) is 0.364. The Balaban J connectivity index is 1.67. The molecule has 0 fully saturated rings. The molecule has 1 amide bonds. The first kappa shape index (κ1) is 20.6. The summed E-state index contributed by atoms with van der Waals surface area (Å²) in [6, 6.07) is 3.04. The summed E-state index contributed by atoms with van der Waals surface area (Å²) >= 11 is 0. The first-order valence-corrected chi connectivity index (χ1v) is 9.94. The Labute approximate surface area is 178 Å². The van der Waals surface area contributed by atoms with Gasteiger partial charge in [-0.3, -0.25) is 14.4 Å². The molecule has 2 heterocycles. The molecular formula is C22H24N4O5. The Kier molecular flexibility index (Phi) is 4.83. The van der Waals surface area contributed by atoms with Crippen LogP contribution in [0.25, 0.3) is 0 Å². The summed E-state index contributed by atoms with van der Waals surface area (Å²) in [5.41, 5.74) is -0.375. The second kappa shape index (κ2) is 7.26. The summed E-state index contributed by atoms with van der Waals surface area (Å²) in [5.74, 6) is -0.133. The van der Waals surface area contributed by atoms with E-state index < -0.39 is 22.5 Å². The summed E-state index contributed by atoms with van der Waals surface area (Å²) in [6.07, 6.45) is 4.73. The van der Waals surface area contributed by atoms with E-state index in [1.807, 2.05) is 6.07 Å². The lowest BCUT2D eigenvalue weighted by molar-refractivity contribution is 0.0819. The topological polar surface area (TPSA) is 125 Å². The number of hydrogen-bond acceptors (Lipinski definition) is 8. The minimum atomic E-state index is -0.701. The van der Waals surface area contributed by atoms with Crippen LogP contribution < -0.4 is 21.5 Å². The summed E-state index contributed by atoms with van der Waals surface area (Å²) in [6.45, 7) is 4.14. The zero-order valence-corrected chi connectivity index (χ0v) is 17.8. The number of amides is 1. The number of carbonyl (C=O) groups is 1. The Morgan fingerprint density at radius 1 is 1.23 bits per heavy atom. The maximum Gasteiger partial charge on any atom is 0.275 e. The predicted molar refractivity (Wildman–Crippen MR) is 116 cm³/mol. The highest BCUT2D eigenvalue weighted by Gasteiger charge is 2.40. The van der Waals surface area contributed by atoms with E-state index in [9.17, 15) is 19.5 Å². The molecule has 9 nitrogen and oxygen atoms in total. The van der Waals surface area contributed by atoms with E-state index in [0.717, 1.165) is 24.2 Å². The Morgan fingerprint density at radius 2 is 1.94 bits per heavy atom. The van der Waals surface area contributed by atoms with Crippen molar-refractivity contribution in [3.05, 3.63) is 62.1 Å². The highest BCUT2D eigenvalue weighted by Crippen LogP contribution is 2.46. The summed E-state index contributed by atoms with van der Waals surface area (Å²) in [4.78, 5) is 42.1. The van der Waals surface area contributed by atoms with Crippen LogP contribution >= 0.6 is 0 Å². The molecule has 31 heavy (non-hydrogen) atoms. The van der Waals surface area contributed by atoms with Crippen LogP contribution in [0.5, 0.6) is 5.75 Å². The second-order valence-electron chi connectivity index (χ2n) is 8.66. The average molecular weight is 424 g/mol. The van der Waals surface area contributed by atoms with Gasteiger partial charge >= 0.3 is 0 Å². The van der Waals surface area contributed by atoms with Gasteiger partial charge in [-0.25, -0.2) is 4.98 Å². The van der Waals surface area contributed by atoms with E-state index in [0.29, 0.717) is 0 Å². The van der Waals surface area contributed by atoms with Crippen molar-refractivity contribution in [2.75, 3.05) is 24.7 Å². The van der Waals surface area contributed by atoms with Crippen LogP contribution in [0.1, 0.15) is 48.1 Å². The number of fused-ring (bicyclic) bond motifs is 1. The van der Waals surface area contributed by atoms with Gasteiger partial charge in [-0.05, 0) is 36.0 Å². The lowest BCUT2D eigenvalue weighted by Crippen LogP contribution is -2.41. The molecule has 0 saturated heterocycles. The molecular weight excluding hydrogens is 400 g/mol. The number of furan rings is 1. The number of nitrogens with one attached hydrogen (secondary N) is 2. The third-order valence-corrected chi connectivity index (χ3v) is 5.85. The SMILES string of the molecule is CN(C)C(=O)c1nccc(Nc2c(NC3c4occc4CCC3(C)C)c(=O)c2=O)c1O. The van der Waals surface area contributed by atoms with E-state index >= 15 is 0 Å². The predicted octanol–water partition coefficient (Wildman–Crippen LogP) is 2.55. The Hall–Kier alpha value is -3.62. The minimum absolute atomic E-state index is 0.0317. The molecule has 3 aromatic rings. The zero-order chi connectivity index (χ0) is 22.5. The van der Waals surface area contributed by atoms with Crippen molar-refractivity contribution in [1.29, 1.82) is 0 Å². The van der Waals surface area contributed by atoms with Gasteiger partial charge in [0.1, 0.15) is 17.1 Å². The van der Waals surface area contributed by atoms with Crippen molar-refractivity contribution in [2.45, 2.75) is 32.7 Å². The van der Waals surface area contributed by atoms with Crippen LogP contribution in [0.2, 0.25) is 0 Å². The Bertz CT molecular complexity index is 1230. The van der Waals surface area contributed by atoms with Crippen LogP contribution in [-0.2, 0) is 6.42 Å². The number of aromatic hydroxyl groups is 1. The Morgan fingerprint density at radius 3 is 2.65 bits per heavy atom. The molecule has 0 saturated carbocycles. The van der Waals surface area contributed by atoms with Gasteiger partial charge in [-0.15, -0.1) is 0 Å². The fourth-order valence-electron chi connectivity index (χ4n) is 3.87. The third-order valence-electron chi connectivity index (χ3n) is 5.85. The number of nitrogens with zero attached hydrogens (tertiary/aromatic N) is 2. The molecule has 0 radical (unpaired) electrons. The average Bonchev–Trinajstić information content (AvgIpc) is 3.20. The maximum absolute atomic E-state index is 12.4. The number of hydrogen-bond donors (Lipinski definition) is 3. The largest absolute Gasteiger partial charge is 0.504 e. The number of anilines is 3. The number of pyridine rings is 1. The van der Waals surface area contributed by atoms with Gasteiger partial charge in [0.05, 0.1) is 18.0 Å². The summed E-state index contributed by atoms with van der Waals surface area (Å²) in [5, 5.41) is 16.5. The van der Waals surface area contributed by atoms with Gasteiger partial charge in [0.2, 0.25) is 0 Å². The van der Waals surface area contributed by atoms with E-state index in [2.05, 4.69) is 29.5 Å². The van der Waals surface area contributed by atoms with Crippen molar-refractivity contribution in [1.82, 2.24) is 9.88 Å². The summed E-state index contributed by atoms with van der Waals surface area (Å²) < 4.78 is 5.68. The van der Waals surface area contributed by atoms with Gasteiger partial charge in [0, 0.05) is 20.3 Å². The number of rotatable bonds is 5. The number of aryl methyl sites for hydroxylation is 1. The molecule has 0 spiro atoms. The van der Waals surface area contributed by atoms with Crippen molar-refractivity contribution < 1.29 is 14.3 Å². The van der Waals surface area contributed by atoms with Crippen LogP contribution in [0.15, 0.2) is 38.6 Å². The molecule has 3 N–H and O–H groups in total. The van der Waals surface area contributed by atoms with Crippen molar-refractivity contribution in [3.63, 3.8) is 0 Å². The van der Waals surface area contributed by atoms with Gasteiger partial charge < -0.3 is 25.1 Å². The van der Waals surface area contributed by atoms with E-state index in [4.69, 9.17) is 4.42 Å². The highest BCUT2D eigenvalue weighted by molar-refractivity contribution is 5.97. The minimum Gasteiger partial charge on any atom is -0.504 e. The monoisotopic (exact) mass is 424 g/mol. The molecule has 9 heteroatoms. The molecule has 4 rings (SSSR count). The molecule has 1 aliphatic carbocycles. The highest BCUT2D eigenvalue weighted by atomic mass is 16.3. The van der Waals surface area contributed by atoms with Crippen LogP contribution in [0.4, 0.5) is 17.1 Å². The molecule has 1 unspecified atom stereocenters. The van der Waals surface area contributed by atoms with Gasteiger partial charge in [0.25, 0.3) is 16.8 Å². The van der Waals surface area contributed by atoms with Gasteiger partial charge in [-0.1, -0.05) is 13.8 Å². The van der Waals surface area contributed by atoms with Crippen molar-refractivity contribution in [3.8, 4) is 5.75 Å². The zero-order valence-electron chi connectivity index (χ0n) is 17.8. The van der Waals surface area contributed by atoms with Crippen LogP contribution in [0, 0.1) is 5.41 Å². The smallest absolute Gasteiger partial charge is 0.275 e. The molecule has 1 aliphatic rings. The molecule has 1 atom stereocenters. The van der Waals surface area contributed by atoms with Gasteiger partial charge in [-0.2, -0.15) is 0 Å². The fourth-order valence-corrected chi connectivity index (χ4v) is 3.87. The lowest BCUT2D eigenvalue weighted by atomic mass is 9.73. The van der Waals surface area contributed by atoms with Gasteiger partial charge in [0.15, 0.2) is 11.4 Å². The normalized spacial score (nSPS) is 17.2. The molecule has 0 bridgehead atoms. The molecule has 1 aromatic carbocycles. The second-order valence-corrected chi connectivity index (χ2v) is 8.66. The maximum atomic E-state index is 12.4. The van der Waals surface area contributed by atoms with Crippen molar-refractivity contribution >= 4 is 23.0 Å². The van der Waals surface area contributed by atoms with E-state index in [-0.39, 0.29) is 34.2 Å².